The number of aliphatic hydroxyl groups is 1. The van der Waals surface area contributed by atoms with Gasteiger partial charge in [-0.3, -0.25) is 24.7 Å². The van der Waals surface area contributed by atoms with Crippen LogP contribution in [0.5, 0.6) is 17.4 Å². The van der Waals surface area contributed by atoms with Gasteiger partial charge in [0.05, 0.1) is 45.8 Å². The Hall–Kier alpha value is -5.94. The Balaban J connectivity index is 0.868. The molecule has 3 aromatic heterocycles. The quantitative estimate of drug-likeness (QED) is 0.0547. The van der Waals surface area contributed by atoms with Crippen LogP contribution in [0.2, 0.25) is 0 Å². The van der Waals surface area contributed by atoms with Crippen LogP contribution in [-0.4, -0.2) is 133 Å². The lowest BCUT2D eigenvalue weighted by molar-refractivity contribution is -0.384. The second-order valence-electron chi connectivity index (χ2n) is 21.9. The third-order valence-corrected chi connectivity index (χ3v) is 19.5. The number of piperazine rings is 1. The third kappa shape index (κ3) is 11.0. The van der Waals surface area contributed by atoms with E-state index < -0.39 is 52.7 Å². The van der Waals surface area contributed by atoms with Crippen LogP contribution in [0.3, 0.4) is 0 Å². The first-order valence-electron chi connectivity index (χ1n) is 26.0. The van der Waals surface area contributed by atoms with Crippen LogP contribution in [0, 0.1) is 27.3 Å². The summed E-state index contributed by atoms with van der Waals surface area (Å²) in [6, 6.07) is 16.3. The molecule has 6 heterocycles. The van der Waals surface area contributed by atoms with E-state index in [-0.39, 0.29) is 81.3 Å². The summed E-state index contributed by atoms with van der Waals surface area (Å²) in [7, 11) is -7.72. The summed E-state index contributed by atoms with van der Waals surface area (Å²) in [5, 5.41) is 25.7. The van der Waals surface area contributed by atoms with Crippen LogP contribution in [0.1, 0.15) is 113 Å². The number of sulfone groups is 1. The van der Waals surface area contributed by atoms with Gasteiger partial charge < -0.3 is 29.8 Å². The van der Waals surface area contributed by atoms with Crippen molar-refractivity contribution in [3.8, 4) is 17.4 Å². The first-order valence-corrected chi connectivity index (χ1v) is 29.3. The SMILES string of the molecule is CCOc1nc2[nH]cc(F)c2cc1Oc1cc(N2CCC3(CC2)CC(N2CCN(C4CS(=O)(=O)C4)C[C@H]2c2ccccc2C(C)C)C3)ccc1C(=O)NS(=O)(=O)c1cnc(NCC2CCC(C)(O)CC2)c([N+](=O)[O-])c1. The molecule has 0 unspecified atom stereocenters. The van der Waals surface area contributed by atoms with Crippen LogP contribution < -0.4 is 24.4 Å². The Morgan fingerprint density at radius 2 is 1.75 bits per heavy atom. The van der Waals surface area contributed by atoms with Gasteiger partial charge in [0.15, 0.2) is 15.6 Å². The van der Waals surface area contributed by atoms with E-state index in [0.29, 0.717) is 63.0 Å². The Morgan fingerprint density at radius 3 is 2.44 bits per heavy atom. The maximum Gasteiger partial charge on any atom is 0.312 e. The highest BCUT2D eigenvalue weighted by Crippen LogP contribution is 2.54. The van der Waals surface area contributed by atoms with Crippen LogP contribution in [0.25, 0.3) is 11.0 Å². The zero-order chi connectivity index (χ0) is 53.0. The van der Waals surface area contributed by atoms with Crippen molar-refractivity contribution in [2.75, 3.05) is 67.6 Å². The smallest absolute Gasteiger partial charge is 0.312 e. The summed E-state index contributed by atoms with van der Waals surface area (Å²) in [5.41, 5.74) is 2.12. The van der Waals surface area contributed by atoms with Gasteiger partial charge >= 0.3 is 5.69 Å². The number of nitrogens with zero attached hydrogens (tertiary/aromatic N) is 6. The van der Waals surface area contributed by atoms with E-state index in [0.717, 1.165) is 63.8 Å². The number of amides is 1. The number of pyridine rings is 2. The van der Waals surface area contributed by atoms with Crippen LogP contribution in [0.15, 0.2) is 71.9 Å². The molecular formula is C53H66FN9O10S2. The average molecular weight is 1070 g/mol. The molecule has 3 aliphatic heterocycles. The van der Waals surface area contributed by atoms with Crippen molar-refractivity contribution in [2.24, 2.45) is 11.3 Å². The standard InChI is InChI=1S/C53H66FN9O10S2/c1-5-72-51-47(24-42-43(54)29-57-48(42)58-51)73-46-22-35(10-11-41(46)50(64)59-75(70,71)38-23-44(63(66)67)49(56-28-38)55-27-34-12-14-52(4,65)15-13-34)60-18-16-53(17-19-60)25-36(26-53)62-21-20-61(37-31-74(68,69)32-37)30-45(62)40-9-7-6-8-39(40)33(2)3/h6-11,22-24,28-29,33-34,36-37,45,65H,5,12-21,25-27,30-32H2,1-4H3,(H,55,56)(H,57,58)(H,59,64)/t34?,45-,52?/m0/s1. The molecule has 1 spiro atoms. The van der Waals surface area contributed by atoms with E-state index in [1.165, 1.54) is 23.3 Å². The molecule has 0 radical (unpaired) electrons. The van der Waals surface area contributed by atoms with Crippen molar-refractivity contribution in [1.82, 2.24) is 29.5 Å². The predicted molar refractivity (Wildman–Crippen MR) is 281 cm³/mol. The molecule has 5 aromatic rings. The number of carbonyl (C=O) groups is 1. The van der Waals surface area contributed by atoms with Gasteiger partial charge in [0.1, 0.15) is 22.1 Å². The van der Waals surface area contributed by atoms with E-state index in [9.17, 15) is 41.2 Å². The maximum absolute atomic E-state index is 15.0. The second-order valence-corrected chi connectivity index (χ2v) is 25.7. The van der Waals surface area contributed by atoms with Crippen molar-refractivity contribution in [2.45, 2.75) is 114 Å². The monoisotopic (exact) mass is 1070 g/mol. The zero-order valence-electron chi connectivity index (χ0n) is 42.8. The predicted octanol–water partition coefficient (Wildman–Crippen LogP) is 7.70. The van der Waals surface area contributed by atoms with Gasteiger partial charge in [-0.15, -0.1) is 0 Å². The number of H-pyrrole nitrogens is 1. The number of sulfonamides is 1. The molecule has 402 valence electrons. The van der Waals surface area contributed by atoms with E-state index in [1.807, 2.05) is 0 Å². The first-order chi connectivity index (χ1) is 35.7. The molecule has 22 heteroatoms. The first kappa shape index (κ1) is 52.5. The Kier molecular flexibility index (Phi) is 14.4. The van der Waals surface area contributed by atoms with Crippen molar-refractivity contribution in [1.29, 1.82) is 0 Å². The van der Waals surface area contributed by atoms with Gasteiger partial charge in [0.2, 0.25) is 5.82 Å². The number of ether oxygens (including phenoxy) is 2. The number of rotatable bonds is 16. The minimum Gasteiger partial charge on any atom is -0.475 e. The Labute approximate surface area is 436 Å². The number of halogens is 1. The van der Waals surface area contributed by atoms with Gasteiger partial charge in [-0.2, -0.15) is 4.98 Å². The zero-order valence-corrected chi connectivity index (χ0v) is 44.4. The number of nitrogens with one attached hydrogen (secondary N) is 3. The number of hydrogen-bond acceptors (Lipinski definition) is 16. The topological polar surface area (TPSA) is 243 Å². The summed E-state index contributed by atoms with van der Waals surface area (Å²) >= 11 is 0. The van der Waals surface area contributed by atoms with E-state index in [4.69, 9.17) is 9.47 Å². The van der Waals surface area contributed by atoms with E-state index >= 15 is 0 Å². The fraction of sp³-hybridized carbons (Fsp3) is 0.528. The molecule has 19 nitrogen and oxygen atoms in total. The summed E-state index contributed by atoms with van der Waals surface area (Å²) in [4.78, 5) is 43.6. The lowest BCUT2D eigenvalue weighted by Crippen LogP contribution is -2.63. The summed E-state index contributed by atoms with van der Waals surface area (Å²) in [5.74, 6) is -0.992. The molecule has 0 bridgehead atoms. The van der Waals surface area contributed by atoms with E-state index in [2.05, 4.69) is 77.8 Å². The molecule has 2 saturated carbocycles. The van der Waals surface area contributed by atoms with Crippen LogP contribution in [-0.2, 0) is 19.9 Å². The number of aromatic nitrogens is 3. The van der Waals surface area contributed by atoms with Crippen molar-refractivity contribution >= 4 is 54.0 Å². The summed E-state index contributed by atoms with van der Waals surface area (Å²) in [6.45, 7) is 12.3. The van der Waals surface area contributed by atoms with Gasteiger partial charge in [0.25, 0.3) is 21.8 Å². The van der Waals surface area contributed by atoms with Crippen molar-refractivity contribution < 1.29 is 45.5 Å². The molecule has 1 atom stereocenters. The molecule has 4 N–H and O–H groups in total. The molecule has 1 amide bonds. The number of hydrogen-bond donors (Lipinski definition) is 4. The van der Waals surface area contributed by atoms with Crippen molar-refractivity contribution in [3.63, 3.8) is 0 Å². The number of carbonyl (C=O) groups excluding carboxylic acids is 1. The molecule has 5 fully saturated rings. The van der Waals surface area contributed by atoms with Crippen LogP contribution in [0.4, 0.5) is 21.6 Å². The minimum atomic E-state index is -4.76. The van der Waals surface area contributed by atoms with Crippen LogP contribution >= 0.6 is 0 Å². The fourth-order valence-electron chi connectivity index (χ4n) is 12.0. The van der Waals surface area contributed by atoms with Gasteiger partial charge in [-0.1, -0.05) is 38.1 Å². The number of anilines is 2. The lowest BCUT2D eigenvalue weighted by atomic mass is 9.59. The van der Waals surface area contributed by atoms with Crippen molar-refractivity contribution in [3.05, 3.63) is 99.6 Å². The lowest BCUT2D eigenvalue weighted by Gasteiger charge is -2.59. The summed E-state index contributed by atoms with van der Waals surface area (Å²) < 4.78 is 81.4. The highest BCUT2D eigenvalue weighted by Gasteiger charge is 2.51. The molecule has 5 aliphatic rings. The molecule has 2 aliphatic carbocycles. The highest BCUT2D eigenvalue weighted by atomic mass is 32.2. The highest BCUT2D eigenvalue weighted by molar-refractivity contribution is 7.92. The number of piperidine rings is 1. The molecule has 10 rings (SSSR count). The Bertz CT molecular complexity index is 3190. The molecular weight excluding hydrogens is 1010 g/mol. The van der Waals surface area contributed by atoms with Gasteiger partial charge in [-0.25, -0.2) is 30.9 Å². The second kappa shape index (κ2) is 20.5. The number of nitro groups is 1. The van der Waals surface area contributed by atoms with Gasteiger partial charge in [0, 0.05) is 87.5 Å². The average Bonchev–Trinajstić information content (AvgIpc) is 3.72. The fourth-order valence-corrected chi connectivity index (χ4v) is 14.4. The van der Waals surface area contributed by atoms with E-state index in [1.54, 1.807) is 26.0 Å². The largest absolute Gasteiger partial charge is 0.475 e. The number of benzene rings is 2. The molecule has 3 saturated heterocycles. The minimum absolute atomic E-state index is 0.00505. The molecule has 2 aromatic carbocycles. The number of fused-ring (bicyclic) bond motifs is 1. The molecule has 75 heavy (non-hydrogen) atoms. The normalized spacial score (nSPS) is 23.4. The van der Waals surface area contributed by atoms with Gasteiger partial charge in [-0.05, 0) is 106 Å². The summed E-state index contributed by atoms with van der Waals surface area (Å²) in [6.07, 6.45) is 8.57. The Morgan fingerprint density at radius 1 is 1.01 bits per heavy atom. The number of aromatic amines is 1. The maximum atomic E-state index is 15.0. The third-order valence-electron chi connectivity index (χ3n) is 16.4.